The minimum absolute atomic E-state index is 0. The molecule has 0 spiro atoms. The van der Waals surface area contributed by atoms with E-state index in [1.165, 1.54) is 21.0 Å². The summed E-state index contributed by atoms with van der Waals surface area (Å²) in [6, 6.07) is 13.8. The molecule has 0 amide bonds. The summed E-state index contributed by atoms with van der Waals surface area (Å²) in [4.78, 5) is 11.7. The number of hydrogen-bond donors (Lipinski definition) is 1. The van der Waals surface area contributed by atoms with E-state index in [-0.39, 0.29) is 29.4 Å². The topological polar surface area (TPSA) is 98.5 Å². The summed E-state index contributed by atoms with van der Waals surface area (Å²) in [5.74, 6) is -0.529. The van der Waals surface area contributed by atoms with E-state index in [9.17, 15) is 13.2 Å². The Kier molecular flexibility index (Phi) is 6.83. The molecule has 1 aromatic heterocycles. The van der Waals surface area contributed by atoms with Gasteiger partial charge in [-0.1, -0.05) is 30.3 Å². The lowest BCUT2D eigenvalue weighted by Crippen LogP contribution is -2.32. The van der Waals surface area contributed by atoms with Crippen LogP contribution in [0.2, 0.25) is 0 Å². The predicted molar refractivity (Wildman–Crippen MR) is 106 cm³/mol. The van der Waals surface area contributed by atoms with Gasteiger partial charge in [0.15, 0.2) is 5.58 Å². The van der Waals surface area contributed by atoms with Gasteiger partial charge in [0.25, 0.3) is 0 Å². The van der Waals surface area contributed by atoms with Crippen molar-refractivity contribution in [1.82, 2.24) is 8.87 Å². The fourth-order valence-electron chi connectivity index (χ4n) is 2.76. The molecule has 3 rings (SSSR count). The molecule has 0 atom stereocenters. The van der Waals surface area contributed by atoms with E-state index in [1.54, 1.807) is 13.1 Å². The van der Waals surface area contributed by atoms with E-state index in [0.717, 1.165) is 5.56 Å². The van der Waals surface area contributed by atoms with Crippen LogP contribution in [0.3, 0.4) is 0 Å². The summed E-state index contributed by atoms with van der Waals surface area (Å²) in [6.07, 6.45) is 0.550. The number of benzene rings is 2. The van der Waals surface area contributed by atoms with Crippen LogP contribution in [0.1, 0.15) is 12.0 Å². The molecule has 0 unspecified atom stereocenters. The number of nitrogens with two attached hydrogens (primary N) is 1. The zero-order chi connectivity index (χ0) is 18.7. The van der Waals surface area contributed by atoms with Crippen molar-refractivity contribution < 1.29 is 12.8 Å². The minimum atomic E-state index is -3.76. The van der Waals surface area contributed by atoms with Gasteiger partial charge in [-0.05, 0) is 30.7 Å². The Morgan fingerprint density at radius 3 is 2.52 bits per heavy atom. The second-order valence-corrected chi connectivity index (χ2v) is 7.96. The van der Waals surface area contributed by atoms with Crippen molar-refractivity contribution in [1.29, 1.82) is 0 Å². The third-order valence-electron chi connectivity index (χ3n) is 4.21. The van der Waals surface area contributed by atoms with Crippen molar-refractivity contribution in [2.24, 2.45) is 12.8 Å². The van der Waals surface area contributed by atoms with E-state index in [2.05, 4.69) is 0 Å². The maximum absolute atomic E-state index is 13.1. The highest BCUT2D eigenvalue weighted by atomic mass is 35.5. The fourth-order valence-corrected chi connectivity index (χ4v) is 4.25. The molecular formula is C18H22ClN3O4S. The van der Waals surface area contributed by atoms with E-state index in [4.69, 9.17) is 10.2 Å². The molecule has 0 aliphatic heterocycles. The molecule has 0 saturated heterocycles. The Morgan fingerprint density at radius 2 is 1.85 bits per heavy atom. The molecule has 0 aliphatic rings. The molecule has 146 valence electrons. The van der Waals surface area contributed by atoms with Gasteiger partial charge in [-0.3, -0.25) is 4.57 Å². The Morgan fingerprint density at radius 1 is 1.15 bits per heavy atom. The van der Waals surface area contributed by atoms with Gasteiger partial charge < -0.3 is 10.2 Å². The second-order valence-electron chi connectivity index (χ2n) is 6.02. The van der Waals surface area contributed by atoms with Gasteiger partial charge in [-0.2, -0.15) is 4.31 Å². The van der Waals surface area contributed by atoms with E-state index in [1.807, 2.05) is 30.3 Å². The van der Waals surface area contributed by atoms with Crippen LogP contribution >= 0.6 is 12.4 Å². The van der Waals surface area contributed by atoms with Gasteiger partial charge in [-0.25, -0.2) is 13.2 Å². The highest BCUT2D eigenvalue weighted by Gasteiger charge is 2.25. The molecule has 3 aromatic rings. The summed E-state index contributed by atoms with van der Waals surface area (Å²) in [5, 5.41) is 0. The van der Waals surface area contributed by atoms with Crippen LogP contribution < -0.4 is 11.5 Å². The van der Waals surface area contributed by atoms with Gasteiger partial charge in [0, 0.05) is 26.2 Å². The van der Waals surface area contributed by atoms with Crippen LogP contribution in [-0.4, -0.2) is 30.4 Å². The standard InChI is InChI=1S/C18H21N3O4S.ClH/c1-20-16-9-8-15(12-17(16)25-18(20)22)26(23,24)21(11-5-10-19)13-14-6-3-2-4-7-14;/h2-4,6-9,12H,5,10-11,13,19H2,1H3;1H. The Hall–Kier alpha value is -2.13. The molecule has 2 N–H and O–H groups in total. The highest BCUT2D eigenvalue weighted by Crippen LogP contribution is 2.23. The third kappa shape index (κ3) is 4.41. The fraction of sp³-hybridized carbons (Fsp3) is 0.278. The third-order valence-corrected chi connectivity index (χ3v) is 6.06. The predicted octanol–water partition coefficient (Wildman–Crippen LogP) is 2.09. The molecule has 9 heteroatoms. The smallest absolute Gasteiger partial charge is 0.408 e. The van der Waals surface area contributed by atoms with Crippen molar-refractivity contribution in [2.45, 2.75) is 17.9 Å². The van der Waals surface area contributed by atoms with E-state index in [0.29, 0.717) is 25.0 Å². The van der Waals surface area contributed by atoms with E-state index < -0.39 is 15.8 Å². The van der Waals surface area contributed by atoms with Gasteiger partial charge in [0.05, 0.1) is 10.4 Å². The lowest BCUT2D eigenvalue weighted by molar-refractivity contribution is 0.401. The molecular weight excluding hydrogens is 390 g/mol. The molecule has 0 saturated carbocycles. The van der Waals surface area contributed by atoms with Crippen LogP contribution in [0, 0.1) is 0 Å². The van der Waals surface area contributed by atoms with Crippen LogP contribution in [0.25, 0.3) is 11.1 Å². The van der Waals surface area contributed by atoms with Crippen LogP contribution in [0.15, 0.2) is 62.6 Å². The first-order valence-electron chi connectivity index (χ1n) is 8.27. The van der Waals surface area contributed by atoms with Crippen molar-refractivity contribution in [3.63, 3.8) is 0 Å². The number of oxazole rings is 1. The lowest BCUT2D eigenvalue weighted by Gasteiger charge is -2.22. The number of halogens is 1. The zero-order valence-electron chi connectivity index (χ0n) is 14.9. The summed E-state index contributed by atoms with van der Waals surface area (Å²) in [7, 11) is -2.19. The number of fused-ring (bicyclic) bond motifs is 1. The first kappa shape index (κ1) is 21.2. The molecule has 1 heterocycles. The summed E-state index contributed by atoms with van der Waals surface area (Å²) in [5.41, 5.74) is 7.26. The molecule has 2 aromatic carbocycles. The Bertz CT molecular complexity index is 1060. The summed E-state index contributed by atoms with van der Waals surface area (Å²) < 4.78 is 34.1. The Labute approximate surface area is 163 Å². The monoisotopic (exact) mass is 411 g/mol. The van der Waals surface area contributed by atoms with Gasteiger partial charge >= 0.3 is 5.76 Å². The molecule has 27 heavy (non-hydrogen) atoms. The van der Waals surface area contributed by atoms with Crippen LogP contribution in [-0.2, 0) is 23.6 Å². The molecule has 0 radical (unpaired) electrons. The summed E-state index contributed by atoms with van der Waals surface area (Å²) in [6.45, 7) is 0.956. The number of aryl methyl sites for hydroxylation is 1. The SMILES string of the molecule is Cl.Cn1c(=O)oc2cc(S(=O)(=O)N(CCCN)Cc3ccccc3)ccc21. The van der Waals surface area contributed by atoms with Crippen molar-refractivity contribution in [3.05, 3.63) is 64.6 Å². The number of nitrogens with zero attached hydrogens (tertiary/aromatic N) is 2. The first-order chi connectivity index (χ1) is 12.4. The highest BCUT2D eigenvalue weighted by molar-refractivity contribution is 7.89. The second kappa shape index (κ2) is 8.71. The Balaban J connectivity index is 0.00000261. The van der Waals surface area contributed by atoms with Gasteiger partial charge in [0.2, 0.25) is 10.0 Å². The van der Waals surface area contributed by atoms with Crippen molar-refractivity contribution in [3.8, 4) is 0 Å². The van der Waals surface area contributed by atoms with Crippen LogP contribution in [0.4, 0.5) is 0 Å². The lowest BCUT2D eigenvalue weighted by atomic mass is 10.2. The molecule has 7 nitrogen and oxygen atoms in total. The van der Waals surface area contributed by atoms with Crippen molar-refractivity contribution >= 4 is 33.5 Å². The average Bonchev–Trinajstić information content (AvgIpc) is 2.93. The summed E-state index contributed by atoms with van der Waals surface area (Å²) >= 11 is 0. The number of aromatic nitrogens is 1. The molecule has 0 bridgehead atoms. The number of sulfonamides is 1. The first-order valence-corrected chi connectivity index (χ1v) is 9.71. The number of rotatable bonds is 7. The maximum Gasteiger partial charge on any atom is 0.419 e. The zero-order valence-corrected chi connectivity index (χ0v) is 16.5. The minimum Gasteiger partial charge on any atom is -0.408 e. The maximum atomic E-state index is 13.1. The van der Waals surface area contributed by atoms with Gasteiger partial charge in [-0.15, -0.1) is 12.4 Å². The molecule has 0 aliphatic carbocycles. The largest absolute Gasteiger partial charge is 0.419 e. The average molecular weight is 412 g/mol. The normalized spacial score (nSPS) is 11.7. The van der Waals surface area contributed by atoms with Crippen molar-refractivity contribution in [2.75, 3.05) is 13.1 Å². The van der Waals surface area contributed by atoms with Gasteiger partial charge in [0.1, 0.15) is 0 Å². The number of hydrogen-bond acceptors (Lipinski definition) is 5. The van der Waals surface area contributed by atoms with E-state index >= 15 is 0 Å². The quantitative estimate of drug-likeness (QED) is 0.641. The van der Waals surface area contributed by atoms with Crippen LogP contribution in [0.5, 0.6) is 0 Å². The molecule has 0 fully saturated rings.